The van der Waals surface area contributed by atoms with Gasteiger partial charge in [-0.05, 0) is 113 Å². The van der Waals surface area contributed by atoms with E-state index in [4.69, 9.17) is 0 Å². The Balaban J connectivity index is 4.60. The average molecular weight is 1360 g/mol. The number of carbonyl (C=O) groups is 11. The summed E-state index contributed by atoms with van der Waals surface area (Å²) < 4.78 is 0. The summed E-state index contributed by atoms with van der Waals surface area (Å²) in [5.41, 5.74) is 0. The molecule has 0 bridgehead atoms. The predicted octanol–water partition coefficient (Wildman–Crippen LogP) is 4.96. The Kier molecular flexibility index (Phi) is 37.4. The van der Waals surface area contributed by atoms with Gasteiger partial charge in [0.2, 0.25) is 65.0 Å². The number of rotatable bonds is 22. The van der Waals surface area contributed by atoms with E-state index < -0.39 is 161 Å². The molecule has 5 N–H and O–H groups in total. The number of likely N-dealkylation sites (N-methyl/N-ethyl adjacent to an activating group) is 7. The summed E-state index contributed by atoms with van der Waals surface area (Å²) >= 11 is 1.44. The molecule has 0 saturated carbocycles. The SMILES string of the molecule is C/C=C/C[C@@H](C)[C@@H](O)[C@H]1C(=O)N[C@@H](C(C)C)C(=O)N(C)[C@H](CSCCN(CC)CC)C(=O)N(C)[C@@H](CC(C)C)C(=O)N[C@@H](C(C)C)C(=O)N(C)[C@@H](CC(C)C)C(=O)N[C@@H](C)C(=O)N[C@H](C)C(=O)N(C)[C@@H](CC(C)C)C(=O)N(C)[C@@H](CC(C)C)C(=O)N(C)[C@@H](C(C)C)C(=O)N1C. The molecule has 1 heterocycles. The van der Waals surface area contributed by atoms with E-state index in [9.17, 15) is 24.3 Å². The molecule has 1 aliphatic heterocycles. The van der Waals surface area contributed by atoms with Crippen LogP contribution in [-0.2, 0) is 52.7 Å². The van der Waals surface area contributed by atoms with E-state index in [1.165, 1.54) is 104 Å². The largest absolute Gasteiger partial charge is 0.390 e. The highest BCUT2D eigenvalue weighted by molar-refractivity contribution is 7.99. The van der Waals surface area contributed by atoms with Crippen molar-refractivity contribution >= 4 is 76.7 Å². The van der Waals surface area contributed by atoms with Crippen LogP contribution in [0.3, 0.4) is 0 Å². The Hall–Kier alpha value is -5.82. The molecular formula is C70H128N12O12S. The molecule has 95 heavy (non-hydrogen) atoms. The Bertz CT molecular complexity index is 2560. The van der Waals surface area contributed by atoms with Crippen LogP contribution in [0, 0.1) is 47.3 Å². The van der Waals surface area contributed by atoms with E-state index in [2.05, 4.69) is 26.2 Å². The smallest absolute Gasteiger partial charge is 0.246 e. The average Bonchev–Trinajstić information content (AvgIpc) is 0.813. The molecule has 0 aromatic rings. The molecule has 0 aromatic carbocycles. The van der Waals surface area contributed by atoms with Crippen molar-refractivity contribution in [3.05, 3.63) is 12.2 Å². The van der Waals surface area contributed by atoms with Crippen molar-refractivity contribution < 1.29 is 57.8 Å². The van der Waals surface area contributed by atoms with Crippen molar-refractivity contribution in [2.75, 3.05) is 80.5 Å². The number of aliphatic hydroxyl groups is 1. The minimum atomic E-state index is -1.64. The molecule has 1 rings (SSSR count). The molecule has 1 saturated heterocycles. The Morgan fingerprint density at radius 2 is 0.789 bits per heavy atom. The third-order valence-corrected chi connectivity index (χ3v) is 19.3. The number of aliphatic hydroxyl groups excluding tert-OH is 1. The summed E-state index contributed by atoms with van der Waals surface area (Å²) in [6, 6.07) is -13.8. The number of hydrogen-bond donors (Lipinski definition) is 5. The van der Waals surface area contributed by atoms with E-state index >= 15 is 33.6 Å². The van der Waals surface area contributed by atoms with Gasteiger partial charge in [-0.3, -0.25) is 52.7 Å². The Morgan fingerprint density at radius 3 is 1.21 bits per heavy atom. The van der Waals surface area contributed by atoms with Crippen LogP contribution in [0.2, 0.25) is 0 Å². The van der Waals surface area contributed by atoms with Crippen LogP contribution in [0.25, 0.3) is 0 Å². The molecule has 11 amide bonds. The lowest BCUT2D eigenvalue weighted by molar-refractivity contribution is -0.157. The van der Waals surface area contributed by atoms with Crippen LogP contribution >= 0.6 is 11.8 Å². The molecule has 1 fully saturated rings. The standard InChI is InChI=1S/C70H128N12O12S/c1-28-31-32-47(18)59(83)58-63(87)74-56(45(14)15)69(93)79(25)54(39-95-34-33-82(29-2)30-3)67(91)75(21)51(36-41(6)7)62(86)73-55(44(12)13)68(92)76(22)50(35-40(4)5)61(85)71-48(19)60(84)72-49(20)64(88)77(23)52(37-42(8)9)65(89)78(24)53(38-43(10)11)66(90)80(26)57(46(16)17)70(94)81(58)27/h28,31,40-59,83H,29-30,32-39H2,1-27H3,(H,71,85)(H,72,84)(H,73,86)(H,74,87)/b31-28+/t47-,48+,49-,50+,51+,52+,53+,54-,55+,56+,57+,58+,59-/m1/s1. The zero-order valence-electron chi connectivity index (χ0n) is 63.2. The zero-order valence-corrected chi connectivity index (χ0v) is 64.0. The summed E-state index contributed by atoms with van der Waals surface area (Å²) in [5, 5.41) is 23.7. The van der Waals surface area contributed by atoms with E-state index in [1.54, 1.807) is 54.5 Å². The lowest BCUT2D eigenvalue weighted by Gasteiger charge is -2.42. The fourth-order valence-corrected chi connectivity index (χ4v) is 13.2. The van der Waals surface area contributed by atoms with Crippen LogP contribution in [0.5, 0.6) is 0 Å². The van der Waals surface area contributed by atoms with Gasteiger partial charge in [0.05, 0.1) is 6.10 Å². The van der Waals surface area contributed by atoms with Gasteiger partial charge in [-0.25, -0.2) is 0 Å². The van der Waals surface area contributed by atoms with Gasteiger partial charge in [0.25, 0.3) is 0 Å². The van der Waals surface area contributed by atoms with Gasteiger partial charge in [-0.15, -0.1) is 0 Å². The van der Waals surface area contributed by atoms with Gasteiger partial charge in [0.1, 0.15) is 66.5 Å². The van der Waals surface area contributed by atoms with E-state index in [1.807, 2.05) is 82.2 Å². The molecule has 546 valence electrons. The van der Waals surface area contributed by atoms with E-state index in [-0.39, 0.29) is 55.1 Å². The highest BCUT2D eigenvalue weighted by Crippen LogP contribution is 2.27. The first-order valence-electron chi connectivity index (χ1n) is 34.7. The maximum absolute atomic E-state index is 15.5. The number of thioether (sulfide) groups is 1. The van der Waals surface area contributed by atoms with Crippen LogP contribution in [0.4, 0.5) is 0 Å². The molecular weight excluding hydrogens is 1230 g/mol. The molecule has 13 atom stereocenters. The normalized spacial score (nSPS) is 26.3. The third kappa shape index (κ3) is 25.2. The molecule has 0 aliphatic carbocycles. The number of allylic oxidation sites excluding steroid dienone is 2. The number of nitrogens with one attached hydrogen (secondary N) is 4. The number of carbonyl (C=O) groups excluding carboxylic acids is 11. The van der Waals surface area contributed by atoms with Crippen molar-refractivity contribution in [1.82, 2.24) is 60.5 Å². The van der Waals surface area contributed by atoms with Crippen molar-refractivity contribution in [3.63, 3.8) is 0 Å². The van der Waals surface area contributed by atoms with E-state index in [0.29, 0.717) is 18.7 Å². The van der Waals surface area contributed by atoms with Crippen molar-refractivity contribution in [1.29, 1.82) is 0 Å². The van der Waals surface area contributed by atoms with Gasteiger partial charge in [-0.2, -0.15) is 11.8 Å². The Morgan fingerprint density at radius 1 is 0.432 bits per heavy atom. The monoisotopic (exact) mass is 1360 g/mol. The maximum atomic E-state index is 15.5. The molecule has 25 heteroatoms. The third-order valence-electron chi connectivity index (χ3n) is 18.3. The first-order valence-corrected chi connectivity index (χ1v) is 35.8. The van der Waals surface area contributed by atoms with Crippen molar-refractivity contribution in [3.8, 4) is 0 Å². The summed E-state index contributed by atoms with van der Waals surface area (Å²) in [7, 11) is 10.2. The van der Waals surface area contributed by atoms with Gasteiger partial charge in [0, 0.05) is 67.4 Å². The minimum Gasteiger partial charge on any atom is -0.390 e. The minimum absolute atomic E-state index is 0.0809. The highest BCUT2D eigenvalue weighted by Gasteiger charge is 2.47. The van der Waals surface area contributed by atoms with Gasteiger partial charge >= 0.3 is 0 Å². The topological polar surface area (TPSA) is 282 Å². The van der Waals surface area contributed by atoms with Crippen molar-refractivity contribution in [2.24, 2.45) is 47.3 Å². The number of nitrogens with zero attached hydrogens (tertiary/aromatic N) is 8. The number of hydrogen-bond acceptors (Lipinski definition) is 14. The summed E-state index contributed by atoms with van der Waals surface area (Å²) in [6.45, 7) is 38.3. The van der Waals surface area contributed by atoms with Gasteiger partial charge < -0.3 is 65.6 Å². The number of amides is 11. The fourth-order valence-electron chi connectivity index (χ4n) is 12.0. The fraction of sp³-hybridized carbons (Fsp3) is 0.814. The highest BCUT2D eigenvalue weighted by atomic mass is 32.2. The summed E-state index contributed by atoms with van der Waals surface area (Å²) in [4.78, 5) is 176. The van der Waals surface area contributed by atoms with Gasteiger partial charge in [-0.1, -0.05) is 130 Å². The predicted molar refractivity (Wildman–Crippen MR) is 377 cm³/mol. The molecule has 1 aliphatic rings. The van der Waals surface area contributed by atoms with Crippen LogP contribution in [-0.4, -0.2) is 262 Å². The molecule has 0 unspecified atom stereocenters. The van der Waals surface area contributed by atoms with Crippen molar-refractivity contribution in [2.45, 2.75) is 243 Å². The Labute approximate surface area is 575 Å². The lowest BCUT2D eigenvalue weighted by Crippen LogP contribution is -2.64. The maximum Gasteiger partial charge on any atom is 0.246 e. The molecule has 0 aromatic heterocycles. The second kappa shape index (κ2) is 40.8. The molecule has 0 radical (unpaired) electrons. The quantitative estimate of drug-likeness (QED) is 0.0708. The zero-order chi connectivity index (χ0) is 73.5. The van der Waals surface area contributed by atoms with Crippen LogP contribution in [0.1, 0.15) is 171 Å². The lowest BCUT2D eigenvalue weighted by atomic mass is 9.91. The first-order chi connectivity index (χ1) is 44.0. The first kappa shape index (κ1) is 87.2. The van der Waals surface area contributed by atoms with Gasteiger partial charge in [0.15, 0.2) is 0 Å². The van der Waals surface area contributed by atoms with Crippen LogP contribution in [0.15, 0.2) is 12.2 Å². The van der Waals surface area contributed by atoms with Crippen LogP contribution < -0.4 is 21.3 Å². The summed E-state index contributed by atoms with van der Waals surface area (Å²) in [6.07, 6.45) is 2.98. The second-order valence-electron chi connectivity index (χ2n) is 29.2. The second-order valence-corrected chi connectivity index (χ2v) is 30.3. The molecule has 0 spiro atoms. The van der Waals surface area contributed by atoms with E-state index in [0.717, 1.165) is 18.0 Å². The summed E-state index contributed by atoms with van der Waals surface area (Å²) in [5.74, 6) is -9.72. The molecule has 24 nitrogen and oxygen atoms in total.